The minimum Gasteiger partial charge on any atom is -0.314 e. The number of hydrogen-bond donors (Lipinski definition) is 1. The van der Waals surface area contributed by atoms with Gasteiger partial charge in [0.05, 0.1) is 0 Å². The second-order valence-corrected chi connectivity index (χ2v) is 6.31. The van der Waals surface area contributed by atoms with Crippen LogP contribution in [0.4, 0.5) is 0 Å². The van der Waals surface area contributed by atoms with Crippen LogP contribution in [0, 0.1) is 17.8 Å². The van der Waals surface area contributed by atoms with Crippen LogP contribution in [0.1, 0.15) is 72.6 Å². The molecular weight excluding hydrogens is 206 g/mol. The highest BCUT2D eigenvalue weighted by Crippen LogP contribution is 2.36. The molecule has 0 spiro atoms. The van der Waals surface area contributed by atoms with E-state index in [0.29, 0.717) is 0 Å². The normalized spacial score (nSPS) is 27.4. The summed E-state index contributed by atoms with van der Waals surface area (Å²) in [5.41, 5.74) is 0. The van der Waals surface area contributed by atoms with E-state index in [1.165, 1.54) is 51.5 Å². The van der Waals surface area contributed by atoms with E-state index < -0.39 is 0 Å². The maximum atomic E-state index is 3.83. The molecule has 1 aliphatic carbocycles. The maximum Gasteiger partial charge on any atom is 0.0100 e. The van der Waals surface area contributed by atoms with Crippen molar-refractivity contribution in [1.82, 2.24) is 5.32 Å². The predicted molar refractivity (Wildman–Crippen MR) is 77.3 cm³/mol. The van der Waals surface area contributed by atoms with Crippen LogP contribution in [0.15, 0.2) is 0 Å². The van der Waals surface area contributed by atoms with E-state index >= 15 is 0 Å². The third kappa shape index (κ3) is 4.99. The summed E-state index contributed by atoms with van der Waals surface area (Å²) in [6.45, 7) is 10.6. The highest BCUT2D eigenvalue weighted by molar-refractivity contribution is 4.85. The van der Waals surface area contributed by atoms with Gasteiger partial charge < -0.3 is 5.32 Å². The summed E-state index contributed by atoms with van der Waals surface area (Å²) in [5.74, 6) is 2.75. The van der Waals surface area contributed by atoms with Gasteiger partial charge in [0.25, 0.3) is 0 Å². The monoisotopic (exact) mass is 239 g/mol. The average Bonchev–Trinajstić information content (AvgIpc) is 2.34. The summed E-state index contributed by atoms with van der Waals surface area (Å²) in [6.07, 6.45) is 9.88. The molecule has 1 nitrogen and oxygen atoms in total. The smallest absolute Gasteiger partial charge is 0.0100 e. The van der Waals surface area contributed by atoms with E-state index in [1.54, 1.807) is 0 Å². The Labute approximate surface area is 109 Å². The summed E-state index contributed by atoms with van der Waals surface area (Å²) in [4.78, 5) is 0. The van der Waals surface area contributed by atoms with Gasteiger partial charge in [0.2, 0.25) is 0 Å². The van der Waals surface area contributed by atoms with Crippen LogP contribution < -0.4 is 5.32 Å². The van der Waals surface area contributed by atoms with Crippen molar-refractivity contribution in [1.29, 1.82) is 0 Å². The van der Waals surface area contributed by atoms with Gasteiger partial charge in [-0.15, -0.1) is 0 Å². The van der Waals surface area contributed by atoms with Crippen molar-refractivity contribution in [3.8, 4) is 0 Å². The molecule has 0 aliphatic heterocycles. The van der Waals surface area contributed by atoms with Crippen LogP contribution in [0.3, 0.4) is 0 Å². The molecule has 1 heteroatoms. The predicted octanol–water partition coefficient (Wildman–Crippen LogP) is 4.62. The first-order valence-electron chi connectivity index (χ1n) is 7.92. The summed E-state index contributed by atoms with van der Waals surface area (Å²) in [5, 5.41) is 3.83. The average molecular weight is 239 g/mol. The molecule has 3 unspecified atom stereocenters. The molecule has 0 aromatic heterocycles. The Kier molecular flexibility index (Phi) is 7.18. The van der Waals surface area contributed by atoms with Crippen molar-refractivity contribution in [2.24, 2.45) is 17.8 Å². The quantitative estimate of drug-likeness (QED) is 0.683. The summed E-state index contributed by atoms with van der Waals surface area (Å²) < 4.78 is 0. The minimum absolute atomic E-state index is 0.778. The van der Waals surface area contributed by atoms with Gasteiger partial charge in [0.15, 0.2) is 0 Å². The number of rotatable bonds is 7. The van der Waals surface area contributed by atoms with Crippen molar-refractivity contribution in [2.75, 3.05) is 6.54 Å². The van der Waals surface area contributed by atoms with E-state index in [1.807, 2.05) is 0 Å². The van der Waals surface area contributed by atoms with Gasteiger partial charge >= 0.3 is 0 Å². The zero-order chi connectivity index (χ0) is 12.7. The molecule has 0 saturated heterocycles. The molecule has 0 amide bonds. The van der Waals surface area contributed by atoms with Gasteiger partial charge in [-0.2, -0.15) is 0 Å². The van der Waals surface area contributed by atoms with Crippen molar-refractivity contribution in [2.45, 2.75) is 78.7 Å². The SMILES string of the molecule is CCCNC(CC(C)C)C1CCCCC1CC. The standard InChI is InChI=1S/C16H33N/c1-5-11-17-16(12-13(3)4)15-10-8-7-9-14(15)6-2/h13-17H,5-12H2,1-4H3. The van der Waals surface area contributed by atoms with Crippen molar-refractivity contribution < 1.29 is 0 Å². The fourth-order valence-electron chi connectivity index (χ4n) is 3.52. The van der Waals surface area contributed by atoms with Crippen LogP contribution >= 0.6 is 0 Å². The summed E-state index contributed by atoms with van der Waals surface area (Å²) >= 11 is 0. The Morgan fingerprint density at radius 2 is 1.82 bits per heavy atom. The molecule has 17 heavy (non-hydrogen) atoms. The third-order valence-electron chi connectivity index (χ3n) is 4.39. The van der Waals surface area contributed by atoms with E-state index in [0.717, 1.165) is 23.8 Å². The molecule has 1 N–H and O–H groups in total. The second kappa shape index (κ2) is 8.13. The lowest BCUT2D eigenvalue weighted by molar-refractivity contribution is 0.160. The molecule has 1 saturated carbocycles. The van der Waals surface area contributed by atoms with Gasteiger partial charge in [0.1, 0.15) is 0 Å². The first-order valence-corrected chi connectivity index (χ1v) is 7.92. The Bertz CT molecular complexity index is 188. The molecule has 1 aliphatic rings. The molecule has 3 atom stereocenters. The summed E-state index contributed by atoms with van der Waals surface area (Å²) in [6, 6.07) is 0.778. The van der Waals surface area contributed by atoms with Crippen LogP contribution in [0.2, 0.25) is 0 Å². The maximum absolute atomic E-state index is 3.83. The highest BCUT2D eigenvalue weighted by atomic mass is 14.9. The highest BCUT2D eigenvalue weighted by Gasteiger charge is 2.30. The van der Waals surface area contributed by atoms with E-state index in [2.05, 4.69) is 33.0 Å². The molecule has 0 heterocycles. The molecule has 0 aromatic carbocycles. The van der Waals surface area contributed by atoms with Crippen LogP contribution in [0.25, 0.3) is 0 Å². The molecule has 0 radical (unpaired) electrons. The number of hydrogen-bond acceptors (Lipinski definition) is 1. The summed E-state index contributed by atoms with van der Waals surface area (Å²) in [7, 11) is 0. The fraction of sp³-hybridized carbons (Fsp3) is 1.00. The zero-order valence-electron chi connectivity index (χ0n) is 12.5. The molecule has 0 aromatic rings. The van der Waals surface area contributed by atoms with Crippen LogP contribution in [-0.2, 0) is 0 Å². The first kappa shape index (κ1) is 15.0. The van der Waals surface area contributed by atoms with E-state index in [-0.39, 0.29) is 0 Å². The first-order chi connectivity index (χ1) is 8.19. The van der Waals surface area contributed by atoms with Crippen molar-refractivity contribution in [3.05, 3.63) is 0 Å². The lowest BCUT2D eigenvalue weighted by Gasteiger charge is -2.38. The van der Waals surface area contributed by atoms with Crippen molar-refractivity contribution in [3.63, 3.8) is 0 Å². The lowest BCUT2D eigenvalue weighted by Crippen LogP contribution is -2.42. The molecule has 1 rings (SSSR count). The van der Waals surface area contributed by atoms with Gasteiger partial charge in [-0.3, -0.25) is 0 Å². The van der Waals surface area contributed by atoms with E-state index in [9.17, 15) is 0 Å². The Morgan fingerprint density at radius 3 is 2.41 bits per heavy atom. The Morgan fingerprint density at radius 1 is 1.12 bits per heavy atom. The van der Waals surface area contributed by atoms with Gasteiger partial charge in [0, 0.05) is 6.04 Å². The topological polar surface area (TPSA) is 12.0 Å². The molecule has 1 fully saturated rings. The molecular formula is C16H33N. The second-order valence-electron chi connectivity index (χ2n) is 6.31. The Hall–Kier alpha value is -0.0400. The fourth-order valence-corrected chi connectivity index (χ4v) is 3.52. The van der Waals surface area contributed by atoms with Crippen LogP contribution in [-0.4, -0.2) is 12.6 Å². The minimum atomic E-state index is 0.778. The van der Waals surface area contributed by atoms with Crippen molar-refractivity contribution >= 4 is 0 Å². The third-order valence-corrected chi connectivity index (χ3v) is 4.39. The van der Waals surface area contributed by atoms with Gasteiger partial charge in [-0.1, -0.05) is 53.4 Å². The van der Waals surface area contributed by atoms with Gasteiger partial charge in [-0.05, 0) is 43.6 Å². The largest absolute Gasteiger partial charge is 0.314 e. The zero-order valence-corrected chi connectivity index (χ0v) is 12.5. The molecule has 102 valence electrons. The lowest BCUT2D eigenvalue weighted by atomic mass is 9.72. The number of nitrogens with one attached hydrogen (secondary N) is 1. The van der Waals surface area contributed by atoms with E-state index in [4.69, 9.17) is 0 Å². The van der Waals surface area contributed by atoms with Gasteiger partial charge in [-0.25, -0.2) is 0 Å². The van der Waals surface area contributed by atoms with Crippen LogP contribution in [0.5, 0.6) is 0 Å². The Balaban J connectivity index is 2.57. The molecule has 0 bridgehead atoms.